The third-order valence-corrected chi connectivity index (χ3v) is 26.4. The zero-order valence-corrected chi connectivity index (χ0v) is 87.8. The largest absolute Gasteiger partial charge is 0.373 e. The molecular formula is C102H175N17O26. The molecular weight excluding hydrogens is 1880 g/mol. The minimum atomic E-state index is -0.854. The molecule has 16 N–H and O–H groups in total. The summed E-state index contributed by atoms with van der Waals surface area (Å²) < 4.78 is 0. The Morgan fingerprint density at radius 1 is 0.297 bits per heavy atom. The molecule has 7 aliphatic heterocycles. The number of hydrogen-bond donors (Lipinski definition) is 11. The Labute approximate surface area is 856 Å². The summed E-state index contributed by atoms with van der Waals surface area (Å²) in [6, 6.07) is -2.41. The predicted molar refractivity (Wildman–Crippen MR) is 535 cm³/mol. The average Bonchev–Trinajstić information content (AvgIpc) is 1.69. The van der Waals surface area contributed by atoms with Crippen LogP contribution in [0, 0.1) is 23.7 Å². The summed E-state index contributed by atoms with van der Waals surface area (Å²) >= 11 is 0. The summed E-state index contributed by atoms with van der Waals surface area (Å²) in [6.45, 7) is 11.7. The maximum atomic E-state index is 12.1. The van der Waals surface area contributed by atoms with Gasteiger partial charge >= 0.3 is 18.1 Å². The smallest absolute Gasteiger partial charge is 0.368 e. The lowest BCUT2D eigenvalue weighted by atomic mass is 10.0. The lowest BCUT2D eigenvalue weighted by Crippen LogP contribution is -2.45. The van der Waals surface area contributed by atoms with Crippen LogP contribution in [0.3, 0.4) is 0 Å². The zero-order chi connectivity index (χ0) is 108. The summed E-state index contributed by atoms with van der Waals surface area (Å²) in [4.78, 5) is 272. The second-order valence-electron chi connectivity index (χ2n) is 38.0. The molecule has 0 radical (unpaired) electrons. The Morgan fingerprint density at radius 3 is 0.628 bits per heavy atom. The van der Waals surface area contributed by atoms with Crippen LogP contribution in [0.25, 0.3) is 0 Å². The maximum absolute atomic E-state index is 12.1. The van der Waals surface area contributed by atoms with Gasteiger partial charge in [0.05, 0.1) is 12.8 Å². The first-order valence-electron chi connectivity index (χ1n) is 53.3. The van der Waals surface area contributed by atoms with Gasteiger partial charge in [-0.15, -0.1) is 10.1 Å². The van der Waals surface area contributed by atoms with Crippen LogP contribution < -0.4 is 55.3 Å². The van der Waals surface area contributed by atoms with E-state index < -0.39 is 107 Å². The third kappa shape index (κ3) is 57.5. The molecule has 9 fully saturated rings. The van der Waals surface area contributed by atoms with Crippen molar-refractivity contribution >= 4 is 130 Å². The van der Waals surface area contributed by atoms with Crippen molar-refractivity contribution in [3.05, 3.63) is 0 Å². The number of primary amides is 4. The number of nitrogens with two attached hydrogens (primary N) is 5. The van der Waals surface area contributed by atoms with Gasteiger partial charge in [-0.3, -0.25) is 96.3 Å². The quantitative estimate of drug-likeness (QED) is 0.0223. The summed E-state index contributed by atoms with van der Waals surface area (Å²) in [5, 5.41) is 22.6. The molecule has 19 amide bonds. The maximum Gasteiger partial charge on any atom is 0.373 e. The highest BCUT2D eigenvalue weighted by molar-refractivity contribution is 6.03. The van der Waals surface area contributed by atoms with Gasteiger partial charge in [0.25, 0.3) is 35.4 Å². The molecule has 145 heavy (non-hydrogen) atoms. The van der Waals surface area contributed by atoms with E-state index in [0.717, 1.165) is 0 Å². The Balaban J connectivity index is 0.000000855. The summed E-state index contributed by atoms with van der Waals surface area (Å²) in [7, 11) is 3.02. The average molecular weight is 2060 g/mol. The first-order valence-corrected chi connectivity index (χ1v) is 53.3. The van der Waals surface area contributed by atoms with E-state index in [2.05, 4.69) is 42.0 Å². The van der Waals surface area contributed by atoms with Gasteiger partial charge in [0.2, 0.25) is 76.8 Å². The Hall–Kier alpha value is -11.2. The molecule has 0 bridgehead atoms. The Morgan fingerprint density at radius 2 is 0.469 bits per heavy atom. The molecule has 2 saturated carbocycles. The number of carbonyl (C=O) groups is 21. The van der Waals surface area contributed by atoms with Gasteiger partial charge < -0.3 is 84.5 Å². The first kappa shape index (κ1) is 132. The van der Waals surface area contributed by atoms with Crippen molar-refractivity contribution in [2.45, 2.75) is 425 Å². The summed E-state index contributed by atoms with van der Waals surface area (Å²) in [5.74, 6) is -9.27. The molecule has 8 atom stereocenters. The fourth-order valence-electron chi connectivity index (χ4n) is 18.0. The van der Waals surface area contributed by atoms with Crippen LogP contribution in [-0.2, 0) is 120 Å². The molecule has 0 aromatic rings. The van der Waals surface area contributed by atoms with Gasteiger partial charge in [0, 0.05) is 179 Å². The molecule has 9 aliphatic rings. The van der Waals surface area contributed by atoms with Crippen LogP contribution in [0.5, 0.6) is 0 Å². The molecule has 43 heteroatoms. The fraction of sp³-hybridized carbons (Fsp3) is 0.784. The molecule has 7 saturated heterocycles. The highest BCUT2D eigenvalue weighted by Gasteiger charge is 2.42. The van der Waals surface area contributed by atoms with E-state index in [1.165, 1.54) is 265 Å². The highest BCUT2D eigenvalue weighted by Crippen LogP contribution is 2.28. The van der Waals surface area contributed by atoms with Crippen LogP contribution in [0.4, 0.5) is 0 Å². The van der Waals surface area contributed by atoms with Gasteiger partial charge in [0.15, 0.2) is 0 Å². The molecule has 0 spiro atoms. The SMILES string of the molecule is C1CCCCCCCCCCCCCCCCC1.C1CCCCCCCCCCCCCCCCC1.CCC(=O)NCC1CC(=O)N([C@H](CC)C(N)=O)C1.CC[C@H](C(N)=O)N1CC(CNC(=O)CCC(=O)NC)CC1=O.CC[C@H](C(N)=O)N1CC(CNC(=O)CCC(=O)ON2C(=O)CCC2=O)CC1=O.CC[C@H](C(N)=O)N1CC(CNC(=O)CCC(=O)ON2C(=O)CCC2=O)CC1=O.CN.O=C1CCC(=O)N1O.O=C=O. The number of hydroxylamine groups is 6. The number of hydrogen-bond acceptors (Lipinski definition) is 27. The predicted octanol–water partition coefficient (Wildman–Crippen LogP) is 8.13. The monoisotopic (exact) mass is 2050 g/mol. The van der Waals surface area contributed by atoms with Crippen molar-refractivity contribution < 1.29 is 125 Å². The van der Waals surface area contributed by atoms with E-state index in [9.17, 15) is 101 Å². The van der Waals surface area contributed by atoms with Crippen molar-refractivity contribution in [2.24, 2.45) is 52.3 Å². The van der Waals surface area contributed by atoms with Crippen LogP contribution >= 0.6 is 0 Å². The number of carbonyl (C=O) groups excluding carboxylic acids is 23. The van der Waals surface area contributed by atoms with Crippen molar-refractivity contribution in [3.63, 3.8) is 0 Å². The highest BCUT2D eigenvalue weighted by atomic mass is 16.7. The number of likely N-dealkylation sites (tertiary alicyclic amines) is 4. The number of rotatable bonds is 32. The van der Waals surface area contributed by atoms with E-state index in [4.69, 9.17) is 37.7 Å². The third-order valence-electron chi connectivity index (χ3n) is 26.4. The molecule has 9 rings (SSSR count). The van der Waals surface area contributed by atoms with Gasteiger partial charge in [-0.1, -0.05) is 266 Å². The fourth-order valence-corrected chi connectivity index (χ4v) is 18.0. The number of amides is 19. The van der Waals surface area contributed by atoms with Gasteiger partial charge in [0.1, 0.15) is 24.2 Å². The minimum absolute atomic E-state index is 0.00162. The van der Waals surface area contributed by atoms with Crippen LogP contribution in [0.2, 0.25) is 0 Å². The van der Waals surface area contributed by atoms with Gasteiger partial charge in [-0.2, -0.15) is 14.7 Å². The zero-order valence-electron chi connectivity index (χ0n) is 87.8. The van der Waals surface area contributed by atoms with E-state index in [-0.39, 0.29) is 179 Å². The van der Waals surface area contributed by atoms with Gasteiger partial charge in [-0.25, -0.2) is 9.59 Å². The summed E-state index contributed by atoms with van der Waals surface area (Å²) in [6.07, 6.45) is 57.2. The molecule has 2 aliphatic carbocycles. The molecule has 4 unspecified atom stereocenters. The molecule has 824 valence electrons. The Kier molecular flexibility index (Phi) is 72.7. The summed E-state index contributed by atoms with van der Waals surface area (Å²) in [5.41, 5.74) is 25.7. The van der Waals surface area contributed by atoms with Crippen LogP contribution in [0.15, 0.2) is 0 Å². The van der Waals surface area contributed by atoms with Crippen LogP contribution in [0.1, 0.15) is 401 Å². The van der Waals surface area contributed by atoms with E-state index in [1.54, 1.807) is 27.7 Å². The molecule has 0 aromatic heterocycles. The second-order valence-corrected chi connectivity index (χ2v) is 38.0. The number of imide groups is 3. The van der Waals surface area contributed by atoms with Crippen molar-refractivity contribution in [3.8, 4) is 0 Å². The van der Waals surface area contributed by atoms with E-state index in [1.807, 2.05) is 6.92 Å². The molecule has 7 heterocycles. The van der Waals surface area contributed by atoms with E-state index in [0.29, 0.717) is 94.3 Å². The first-order chi connectivity index (χ1) is 69.4. The molecule has 43 nitrogen and oxygen atoms in total. The van der Waals surface area contributed by atoms with Gasteiger partial charge in [-0.05, 0) is 32.7 Å². The second kappa shape index (κ2) is 80.0. The standard InChI is InChI=1S/2C18H36.2C17H24N4O7.C14H24N4O4.C12H21N3O3.C4H5NO3.CH5N.CO2/c2*1-2-4-6-8-10-12-14-16-18-17-15-13-11-9-7-5-3-1;2*1-2-11(17(18)27)20-9-10(7-15(20)25)8-19-12(22)3-6-16(26)28-21-13(23)4-5-14(21)24;1-3-10(14(15)22)18-8-9(6-13(18)21)7-17-12(20)5-4-11(19)16-2;1-3-9(12(13)18)15-7-8(5-11(15)17)6-14-10(16)4-2;6-3-1-2-4(7)5(3)8;1-2;2-1-3/h2*1-18H2;2*10-11H,2-9H2,1H3,(H2,18,27)(H,19,22);9-10H,3-8H2,1-2H3,(H2,15,22)(H,16,19)(H,17,20);8-9H,3-7H2,1-2H3,(H2,13,18)(H,14,16);8H,1-2H2;2H2,1H3;/t;;2*10?,11-;9?,10-;8?,9-;;;/m..1111.../s1. The number of nitrogens with zero attached hydrogens (tertiary/aromatic N) is 7. The Bertz CT molecular complexity index is 3690. The topological polar surface area (TPSA) is 644 Å². The number of nitrogens with one attached hydrogen (secondary N) is 5. The van der Waals surface area contributed by atoms with Crippen molar-refractivity contribution in [1.29, 1.82) is 0 Å². The van der Waals surface area contributed by atoms with Crippen molar-refractivity contribution in [2.75, 3.05) is 66.5 Å². The lowest BCUT2D eigenvalue weighted by Gasteiger charge is -2.24. The van der Waals surface area contributed by atoms with E-state index >= 15 is 0 Å². The van der Waals surface area contributed by atoms with Crippen molar-refractivity contribution in [1.82, 2.24) is 61.4 Å². The molecule has 0 aromatic carbocycles. The normalized spacial score (nSPS) is 20.5. The lowest BCUT2D eigenvalue weighted by molar-refractivity contribution is -0.197. The van der Waals surface area contributed by atoms with Crippen LogP contribution in [-0.4, -0.2) is 261 Å². The minimum Gasteiger partial charge on any atom is -0.368 e.